The van der Waals surface area contributed by atoms with Gasteiger partial charge in [-0.3, -0.25) is 4.21 Å². The third-order valence-corrected chi connectivity index (χ3v) is 4.48. The molecule has 2 atom stereocenters. The molecule has 0 radical (unpaired) electrons. The highest BCUT2D eigenvalue weighted by molar-refractivity contribution is 7.85. The highest BCUT2D eigenvalue weighted by Gasteiger charge is 2.15. The van der Waals surface area contributed by atoms with Crippen LogP contribution in [0.15, 0.2) is 30.3 Å². The van der Waals surface area contributed by atoms with Gasteiger partial charge < -0.3 is 4.74 Å². The van der Waals surface area contributed by atoms with Crippen LogP contribution in [0.1, 0.15) is 30.6 Å². The molecule has 2 nitrogen and oxygen atoms in total. The minimum Gasteiger partial charge on any atom is -0.385 e. The molecule has 0 N–H and O–H groups in total. The van der Waals surface area contributed by atoms with Gasteiger partial charge in [-0.1, -0.05) is 37.3 Å². The summed E-state index contributed by atoms with van der Waals surface area (Å²) in [5.74, 6) is 0.723. The van der Waals surface area contributed by atoms with Gasteiger partial charge >= 0.3 is 0 Å². The number of ether oxygens (including phenoxy) is 1. The first kappa shape index (κ1) is 13.4. The van der Waals surface area contributed by atoms with Crippen molar-refractivity contribution in [3.8, 4) is 0 Å². The number of methoxy groups -OCH3 is 1. The molecular weight excluding hydrogens is 220 g/mol. The van der Waals surface area contributed by atoms with Gasteiger partial charge in [-0.25, -0.2) is 0 Å². The van der Waals surface area contributed by atoms with Crippen LogP contribution in [0.5, 0.6) is 0 Å². The molecular formula is C13H20O2S. The molecule has 0 fully saturated rings. The fraction of sp³-hybridized carbons (Fsp3) is 0.538. The molecule has 0 spiro atoms. The number of hydrogen-bond acceptors (Lipinski definition) is 2. The molecule has 3 heteroatoms. The van der Waals surface area contributed by atoms with Gasteiger partial charge in [-0.15, -0.1) is 0 Å². The van der Waals surface area contributed by atoms with E-state index in [1.54, 1.807) is 7.11 Å². The van der Waals surface area contributed by atoms with Crippen LogP contribution in [0.2, 0.25) is 0 Å². The maximum absolute atomic E-state index is 12.1. The Morgan fingerprint density at radius 1 is 1.31 bits per heavy atom. The molecule has 0 bridgehead atoms. The fourth-order valence-corrected chi connectivity index (χ4v) is 3.25. The van der Waals surface area contributed by atoms with Crippen molar-refractivity contribution >= 4 is 10.8 Å². The Balaban J connectivity index is 2.57. The van der Waals surface area contributed by atoms with E-state index in [2.05, 4.69) is 19.1 Å². The summed E-state index contributed by atoms with van der Waals surface area (Å²) in [4.78, 5) is 0. The Morgan fingerprint density at radius 2 is 2.00 bits per heavy atom. The first-order valence-electron chi connectivity index (χ1n) is 5.70. The second-order valence-corrected chi connectivity index (χ2v) is 5.48. The smallest absolute Gasteiger partial charge is 0.0594 e. The first-order chi connectivity index (χ1) is 7.79. The van der Waals surface area contributed by atoms with E-state index in [4.69, 9.17) is 4.74 Å². The summed E-state index contributed by atoms with van der Waals surface area (Å²) in [5.41, 5.74) is 1.18. The quantitative estimate of drug-likeness (QED) is 0.685. The first-order valence-corrected chi connectivity index (χ1v) is 7.08. The van der Waals surface area contributed by atoms with Crippen molar-refractivity contribution in [2.45, 2.75) is 25.0 Å². The van der Waals surface area contributed by atoms with E-state index in [0.29, 0.717) is 6.61 Å². The van der Waals surface area contributed by atoms with Crippen LogP contribution in [0, 0.1) is 0 Å². The highest BCUT2D eigenvalue weighted by Crippen LogP contribution is 2.23. The molecule has 1 rings (SSSR count). The van der Waals surface area contributed by atoms with Crippen LogP contribution >= 0.6 is 0 Å². The standard InChI is InChI=1S/C13H20O2S/c1-3-13(12-8-5-4-6-9-12)16(14)11-7-10-15-2/h4-6,8-9,13H,3,7,10-11H2,1-2H3/t13-,16-/m1/s1. The monoisotopic (exact) mass is 240 g/mol. The molecule has 0 amide bonds. The molecule has 0 aromatic heterocycles. The summed E-state index contributed by atoms with van der Waals surface area (Å²) in [6.45, 7) is 2.78. The van der Waals surface area contributed by atoms with Crippen molar-refractivity contribution < 1.29 is 8.95 Å². The SMILES string of the molecule is CC[C@H](c1ccccc1)[S@](=O)CCCOC. The number of hydrogen-bond donors (Lipinski definition) is 0. The summed E-state index contributed by atoms with van der Waals surface area (Å²) in [5, 5.41) is 0.165. The predicted molar refractivity (Wildman–Crippen MR) is 69.0 cm³/mol. The molecule has 0 aliphatic heterocycles. The van der Waals surface area contributed by atoms with Gasteiger partial charge in [0.15, 0.2) is 0 Å². The van der Waals surface area contributed by atoms with Crippen LogP contribution < -0.4 is 0 Å². The van der Waals surface area contributed by atoms with E-state index in [1.807, 2.05) is 18.2 Å². The maximum Gasteiger partial charge on any atom is 0.0594 e. The third-order valence-electron chi connectivity index (χ3n) is 2.55. The average molecular weight is 240 g/mol. The van der Waals surface area contributed by atoms with Crippen LogP contribution in [0.3, 0.4) is 0 Å². The third kappa shape index (κ3) is 4.06. The van der Waals surface area contributed by atoms with Crippen LogP contribution in [-0.4, -0.2) is 23.7 Å². The molecule has 16 heavy (non-hydrogen) atoms. The van der Waals surface area contributed by atoms with Gasteiger partial charge in [0.2, 0.25) is 0 Å². The van der Waals surface area contributed by atoms with Gasteiger partial charge in [-0.2, -0.15) is 0 Å². The molecule has 1 aromatic carbocycles. The van der Waals surface area contributed by atoms with E-state index in [9.17, 15) is 4.21 Å². The predicted octanol–water partition coefficient (Wildman–Crippen LogP) is 2.92. The normalized spacial score (nSPS) is 14.6. The van der Waals surface area contributed by atoms with Gasteiger partial charge in [0.25, 0.3) is 0 Å². The molecule has 1 aromatic rings. The fourth-order valence-electron chi connectivity index (χ4n) is 1.73. The van der Waals surface area contributed by atoms with E-state index in [0.717, 1.165) is 18.6 Å². The van der Waals surface area contributed by atoms with Gasteiger partial charge in [0.05, 0.1) is 5.25 Å². The highest BCUT2D eigenvalue weighted by atomic mass is 32.2. The minimum absolute atomic E-state index is 0.165. The van der Waals surface area contributed by atoms with E-state index >= 15 is 0 Å². The van der Waals surface area contributed by atoms with Crippen molar-refractivity contribution in [3.63, 3.8) is 0 Å². The second-order valence-electron chi connectivity index (χ2n) is 3.74. The molecule has 0 aliphatic rings. The lowest BCUT2D eigenvalue weighted by Crippen LogP contribution is -2.10. The Kier molecular flexibility index (Phi) is 6.34. The van der Waals surface area contributed by atoms with Crippen molar-refractivity contribution in [2.24, 2.45) is 0 Å². The van der Waals surface area contributed by atoms with Gasteiger partial charge in [0.1, 0.15) is 0 Å². The van der Waals surface area contributed by atoms with Crippen molar-refractivity contribution in [1.29, 1.82) is 0 Å². The second kappa shape index (κ2) is 7.58. The van der Waals surface area contributed by atoms with Crippen LogP contribution in [0.4, 0.5) is 0 Å². The number of benzene rings is 1. The van der Waals surface area contributed by atoms with Crippen LogP contribution in [0.25, 0.3) is 0 Å². The Labute approximate surface area is 100 Å². The van der Waals surface area contributed by atoms with E-state index in [-0.39, 0.29) is 5.25 Å². The van der Waals surface area contributed by atoms with E-state index < -0.39 is 10.8 Å². The zero-order chi connectivity index (χ0) is 11.8. The van der Waals surface area contributed by atoms with Crippen molar-refractivity contribution in [3.05, 3.63) is 35.9 Å². The maximum atomic E-state index is 12.1. The molecule has 90 valence electrons. The molecule has 0 saturated carbocycles. The van der Waals surface area contributed by atoms with Gasteiger partial charge in [0, 0.05) is 30.3 Å². The lowest BCUT2D eigenvalue weighted by Gasteiger charge is -2.14. The summed E-state index contributed by atoms with van der Waals surface area (Å²) in [6.07, 6.45) is 1.79. The topological polar surface area (TPSA) is 26.3 Å². The lowest BCUT2D eigenvalue weighted by atomic mass is 10.1. The van der Waals surface area contributed by atoms with Crippen molar-refractivity contribution in [1.82, 2.24) is 0 Å². The summed E-state index contributed by atoms with van der Waals surface area (Å²) in [6, 6.07) is 10.1. The zero-order valence-electron chi connectivity index (χ0n) is 10.0. The Hall–Kier alpha value is -0.670. The lowest BCUT2D eigenvalue weighted by molar-refractivity contribution is 0.200. The van der Waals surface area contributed by atoms with Crippen LogP contribution in [-0.2, 0) is 15.5 Å². The molecule has 0 saturated heterocycles. The zero-order valence-corrected chi connectivity index (χ0v) is 10.8. The minimum atomic E-state index is -0.790. The largest absolute Gasteiger partial charge is 0.385 e. The summed E-state index contributed by atoms with van der Waals surface area (Å²) in [7, 11) is 0.888. The number of rotatable bonds is 7. The summed E-state index contributed by atoms with van der Waals surface area (Å²) < 4.78 is 17.1. The van der Waals surface area contributed by atoms with Gasteiger partial charge in [-0.05, 0) is 18.4 Å². The molecule has 0 heterocycles. The van der Waals surface area contributed by atoms with Crippen molar-refractivity contribution in [2.75, 3.05) is 19.5 Å². The Bertz CT molecular complexity index is 311. The molecule has 0 aliphatic carbocycles. The molecule has 0 unspecified atom stereocenters. The summed E-state index contributed by atoms with van der Waals surface area (Å²) >= 11 is 0. The van der Waals surface area contributed by atoms with E-state index in [1.165, 1.54) is 5.56 Å². The average Bonchev–Trinajstić information content (AvgIpc) is 2.32. The Morgan fingerprint density at radius 3 is 2.56 bits per heavy atom.